The summed E-state index contributed by atoms with van der Waals surface area (Å²) >= 11 is 5.35. The molecule has 0 aliphatic rings. The molecular weight excluding hydrogens is 186 g/mol. The van der Waals surface area contributed by atoms with Gasteiger partial charge in [-0.2, -0.15) is 0 Å². The number of esters is 1. The highest BCUT2D eigenvalue weighted by atomic mass is 35.5. The summed E-state index contributed by atoms with van der Waals surface area (Å²) in [5.74, 6) is -2.04. The van der Waals surface area contributed by atoms with Gasteiger partial charge in [-0.1, -0.05) is 11.6 Å². The number of hydrogen-bond donors (Lipinski definition) is 2. The summed E-state index contributed by atoms with van der Waals surface area (Å²) in [7, 11) is 1.15. The number of halogens is 1. The lowest BCUT2D eigenvalue weighted by atomic mass is 10.3. The third kappa shape index (κ3) is 3.36. The van der Waals surface area contributed by atoms with Crippen molar-refractivity contribution in [3.63, 3.8) is 0 Å². The van der Waals surface area contributed by atoms with Gasteiger partial charge >= 0.3 is 11.9 Å². The van der Waals surface area contributed by atoms with Crippen molar-refractivity contribution in [2.75, 3.05) is 7.11 Å². The van der Waals surface area contributed by atoms with Gasteiger partial charge in [0.15, 0.2) is 0 Å². The molecule has 0 radical (unpaired) electrons. The molecule has 0 spiro atoms. The van der Waals surface area contributed by atoms with E-state index in [0.29, 0.717) is 0 Å². The lowest BCUT2D eigenvalue weighted by molar-refractivity contribution is -0.137. The van der Waals surface area contributed by atoms with Crippen molar-refractivity contribution in [3.8, 4) is 0 Å². The Morgan fingerprint density at radius 1 is 1.67 bits per heavy atom. The standard InChI is InChI=1S/C6H8ClNO4/c1-12-4(9)2-3(7)5(8)6(10)11/h2,5H,8H2,1H3,(H,10,11)/b3-2-. The van der Waals surface area contributed by atoms with Crippen LogP contribution in [0.2, 0.25) is 0 Å². The second kappa shape index (κ2) is 4.74. The van der Waals surface area contributed by atoms with Gasteiger partial charge in [0.2, 0.25) is 0 Å². The van der Waals surface area contributed by atoms with Crippen LogP contribution in [-0.4, -0.2) is 30.2 Å². The summed E-state index contributed by atoms with van der Waals surface area (Å²) in [5, 5.41) is 8.07. The molecule has 0 saturated carbocycles. The smallest absolute Gasteiger partial charge is 0.331 e. The molecule has 1 atom stereocenters. The highest BCUT2D eigenvalue weighted by Gasteiger charge is 2.16. The molecule has 0 aromatic carbocycles. The van der Waals surface area contributed by atoms with Crippen LogP contribution in [0.3, 0.4) is 0 Å². The predicted octanol–water partition coefficient (Wildman–Crippen LogP) is -0.306. The summed E-state index contributed by atoms with van der Waals surface area (Å²) in [6.45, 7) is 0. The Hall–Kier alpha value is -1.07. The summed E-state index contributed by atoms with van der Waals surface area (Å²) in [5.41, 5.74) is 5.06. The lowest BCUT2D eigenvalue weighted by Gasteiger charge is -2.02. The Kier molecular flexibility index (Phi) is 4.31. The van der Waals surface area contributed by atoms with Crippen LogP contribution in [0.4, 0.5) is 0 Å². The lowest BCUT2D eigenvalue weighted by Crippen LogP contribution is -2.30. The molecule has 0 amide bonds. The number of carboxylic acids is 1. The zero-order chi connectivity index (χ0) is 9.72. The fourth-order valence-corrected chi connectivity index (χ4v) is 0.562. The molecular formula is C6H8ClNO4. The highest BCUT2D eigenvalue weighted by Crippen LogP contribution is 2.05. The van der Waals surface area contributed by atoms with Crippen LogP contribution in [0.25, 0.3) is 0 Å². The number of carbonyl (C=O) groups excluding carboxylic acids is 1. The average molecular weight is 194 g/mol. The van der Waals surface area contributed by atoms with Crippen LogP contribution in [-0.2, 0) is 14.3 Å². The molecule has 12 heavy (non-hydrogen) atoms. The van der Waals surface area contributed by atoms with E-state index in [1.807, 2.05) is 0 Å². The number of carbonyl (C=O) groups is 2. The molecule has 6 heteroatoms. The average Bonchev–Trinajstić information content (AvgIpc) is 2.02. The molecule has 0 aromatic rings. The molecule has 68 valence electrons. The number of carboxylic acid groups (broad SMARTS) is 1. The SMILES string of the molecule is COC(=O)/C=C(\Cl)C(N)C(=O)O. The van der Waals surface area contributed by atoms with Crippen molar-refractivity contribution in [1.82, 2.24) is 0 Å². The van der Waals surface area contributed by atoms with Crippen LogP contribution >= 0.6 is 11.6 Å². The van der Waals surface area contributed by atoms with Crippen LogP contribution in [0.1, 0.15) is 0 Å². The molecule has 0 aromatic heterocycles. The van der Waals surface area contributed by atoms with Crippen molar-refractivity contribution in [2.24, 2.45) is 5.73 Å². The first-order valence-corrected chi connectivity index (χ1v) is 3.30. The van der Waals surface area contributed by atoms with E-state index in [1.165, 1.54) is 0 Å². The number of aliphatic carboxylic acids is 1. The molecule has 0 fully saturated rings. The van der Waals surface area contributed by atoms with Gasteiger partial charge in [0.1, 0.15) is 6.04 Å². The summed E-state index contributed by atoms with van der Waals surface area (Å²) in [6.07, 6.45) is 0.820. The molecule has 0 aliphatic carbocycles. The number of rotatable bonds is 3. The van der Waals surface area contributed by atoms with E-state index in [1.54, 1.807) is 0 Å². The second-order valence-corrected chi connectivity index (χ2v) is 2.30. The van der Waals surface area contributed by atoms with E-state index in [4.69, 9.17) is 22.4 Å². The fraction of sp³-hybridized carbons (Fsp3) is 0.333. The van der Waals surface area contributed by atoms with E-state index < -0.39 is 18.0 Å². The van der Waals surface area contributed by atoms with E-state index in [0.717, 1.165) is 13.2 Å². The first-order chi connectivity index (χ1) is 5.49. The quantitative estimate of drug-likeness (QED) is 0.474. The maximum Gasteiger partial charge on any atom is 0.331 e. The minimum Gasteiger partial charge on any atom is -0.480 e. The Labute approximate surface area is 73.7 Å². The van der Waals surface area contributed by atoms with Crippen molar-refractivity contribution >= 4 is 23.5 Å². The minimum atomic E-state index is -1.38. The van der Waals surface area contributed by atoms with Crippen LogP contribution in [0.5, 0.6) is 0 Å². The zero-order valence-corrected chi connectivity index (χ0v) is 7.04. The van der Waals surface area contributed by atoms with Gasteiger partial charge in [-0.25, -0.2) is 4.79 Å². The third-order valence-electron chi connectivity index (χ3n) is 1.02. The molecule has 0 heterocycles. The van der Waals surface area contributed by atoms with Crippen LogP contribution in [0, 0.1) is 0 Å². The van der Waals surface area contributed by atoms with Crippen molar-refractivity contribution < 1.29 is 19.4 Å². The maximum absolute atomic E-state index is 10.5. The third-order valence-corrected chi connectivity index (χ3v) is 1.36. The van der Waals surface area contributed by atoms with Gasteiger partial charge in [-0.15, -0.1) is 0 Å². The molecule has 3 N–H and O–H groups in total. The van der Waals surface area contributed by atoms with E-state index in [-0.39, 0.29) is 5.03 Å². The van der Waals surface area contributed by atoms with Crippen molar-refractivity contribution in [2.45, 2.75) is 6.04 Å². The van der Waals surface area contributed by atoms with E-state index in [9.17, 15) is 9.59 Å². The number of nitrogens with two attached hydrogens (primary N) is 1. The first-order valence-electron chi connectivity index (χ1n) is 2.92. The van der Waals surface area contributed by atoms with E-state index >= 15 is 0 Å². The molecule has 0 saturated heterocycles. The highest BCUT2D eigenvalue weighted by molar-refractivity contribution is 6.33. The largest absolute Gasteiger partial charge is 0.480 e. The predicted molar refractivity (Wildman–Crippen MR) is 41.6 cm³/mol. The molecule has 5 nitrogen and oxygen atoms in total. The summed E-state index contributed by atoms with van der Waals surface area (Å²) in [4.78, 5) is 20.7. The van der Waals surface area contributed by atoms with Gasteiger partial charge in [0.05, 0.1) is 12.1 Å². The van der Waals surface area contributed by atoms with Crippen molar-refractivity contribution in [1.29, 1.82) is 0 Å². The number of methoxy groups -OCH3 is 1. The van der Waals surface area contributed by atoms with Gasteiger partial charge in [-0.3, -0.25) is 4.79 Å². The molecule has 0 aliphatic heterocycles. The topological polar surface area (TPSA) is 89.6 Å². The summed E-state index contributed by atoms with van der Waals surface area (Å²) in [6, 6.07) is -1.38. The van der Waals surface area contributed by atoms with Crippen LogP contribution < -0.4 is 5.73 Å². The first kappa shape index (κ1) is 10.9. The van der Waals surface area contributed by atoms with Crippen molar-refractivity contribution in [3.05, 3.63) is 11.1 Å². The zero-order valence-electron chi connectivity index (χ0n) is 6.28. The fourth-order valence-electron chi connectivity index (χ4n) is 0.379. The monoisotopic (exact) mass is 193 g/mol. The minimum absolute atomic E-state index is 0.269. The molecule has 1 unspecified atom stereocenters. The van der Waals surface area contributed by atoms with Gasteiger partial charge in [0.25, 0.3) is 0 Å². The Bertz CT molecular complexity index is 226. The summed E-state index contributed by atoms with van der Waals surface area (Å²) < 4.78 is 4.20. The number of ether oxygens (including phenoxy) is 1. The Balaban J connectivity index is 4.36. The van der Waals surface area contributed by atoms with Gasteiger partial charge in [0, 0.05) is 6.08 Å². The van der Waals surface area contributed by atoms with E-state index in [2.05, 4.69) is 4.74 Å². The number of hydrogen-bond acceptors (Lipinski definition) is 4. The second-order valence-electron chi connectivity index (χ2n) is 1.87. The Morgan fingerprint density at radius 3 is 2.50 bits per heavy atom. The molecule has 0 bridgehead atoms. The van der Waals surface area contributed by atoms with Gasteiger partial charge in [-0.05, 0) is 0 Å². The van der Waals surface area contributed by atoms with Crippen LogP contribution in [0.15, 0.2) is 11.1 Å². The van der Waals surface area contributed by atoms with Gasteiger partial charge < -0.3 is 15.6 Å². The Morgan fingerprint density at radius 2 is 2.17 bits per heavy atom. The normalized spacial score (nSPS) is 13.8. The molecule has 0 rings (SSSR count). The maximum atomic E-state index is 10.5.